The Morgan fingerprint density at radius 1 is 1.64 bits per heavy atom. The summed E-state index contributed by atoms with van der Waals surface area (Å²) in [5.74, 6) is 0. The van der Waals surface area contributed by atoms with E-state index in [1.807, 2.05) is 6.08 Å². The van der Waals surface area contributed by atoms with Crippen molar-refractivity contribution in [3.63, 3.8) is 0 Å². The summed E-state index contributed by atoms with van der Waals surface area (Å²) in [6.07, 6.45) is 5.89. The van der Waals surface area contributed by atoms with Crippen molar-refractivity contribution in [3.8, 4) is 0 Å². The Morgan fingerprint density at radius 2 is 2.50 bits per heavy atom. The fraction of sp³-hybridized carbons (Fsp3) is 0.222. The van der Waals surface area contributed by atoms with Gasteiger partial charge in [-0.3, -0.25) is 4.79 Å². The highest BCUT2D eigenvalue weighted by Gasteiger charge is 1.86. The molecular weight excluding hydrogens is 180 g/mol. The average Bonchev–Trinajstić information content (AvgIpc) is 2.18. The van der Waals surface area contributed by atoms with Crippen molar-refractivity contribution < 1.29 is 0 Å². The molecule has 1 aromatic heterocycles. The first kappa shape index (κ1) is 10.1. The summed E-state index contributed by atoms with van der Waals surface area (Å²) < 4.78 is 0. The molecule has 0 atom stereocenters. The van der Waals surface area contributed by atoms with Crippen molar-refractivity contribution in [1.29, 1.82) is 0 Å². The van der Waals surface area contributed by atoms with Crippen molar-refractivity contribution in [2.45, 2.75) is 6.42 Å². The maximum absolute atomic E-state index is 10.9. The second kappa shape index (κ2) is 5.61. The summed E-state index contributed by atoms with van der Waals surface area (Å²) in [4.78, 5) is 16.4. The number of hydrogen-bond acceptors (Lipinski definition) is 2. The lowest BCUT2D eigenvalue weighted by Crippen LogP contribution is -1.97. The monoisotopic (exact) mass is 190 g/mol. The first-order valence-corrected chi connectivity index (χ1v) is 4.19. The Labute approximate surface area is 80.7 Å². The Morgan fingerprint density at radius 3 is 3.21 bits per heavy atom. The van der Waals surface area contributed by atoms with Gasteiger partial charge < -0.3 is 4.98 Å². The molecule has 0 fully saturated rings. The van der Waals surface area contributed by atoms with Crippen molar-refractivity contribution in [2.75, 3.05) is 6.54 Å². The first-order chi connectivity index (χ1) is 6.83. The van der Waals surface area contributed by atoms with E-state index in [1.54, 1.807) is 12.3 Å². The predicted molar refractivity (Wildman–Crippen MR) is 54.7 cm³/mol. The van der Waals surface area contributed by atoms with Gasteiger partial charge in [0.05, 0.1) is 0 Å². The molecule has 1 heterocycles. The van der Waals surface area contributed by atoms with E-state index in [0.717, 1.165) is 5.69 Å². The van der Waals surface area contributed by atoms with Crippen LogP contribution in [0.5, 0.6) is 0 Å². The maximum Gasteiger partial charge on any atom is 0.182 e. The number of aromatic amines is 1. The molecule has 0 spiro atoms. The van der Waals surface area contributed by atoms with Gasteiger partial charge in [0.15, 0.2) is 5.43 Å². The van der Waals surface area contributed by atoms with Gasteiger partial charge in [-0.25, -0.2) is 0 Å². The summed E-state index contributed by atoms with van der Waals surface area (Å²) in [6, 6.07) is 2.96. The third-order valence-electron chi connectivity index (χ3n) is 1.55. The van der Waals surface area contributed by atoms with Crippen LogP contribution >= 0.6 is 0 Å². The minimum Gasteiger partial charge on any atom is -0.361 e. The highest BCUT2D eigenvalue weighted by molar-refractivity contribution is 5.43. The number of nitrogens with zero attached hydrogens (tertiary/aromatic N) is 3. The highest BCUT2D eigenvalue weighted by Crippen LogP contribution is 1.95. The largest absolute Gasteiger partial charge is 0.361 e. The van der Waals surface area contributed by atoms with Crippen LogP contribution in [0.15, 0.2) is 34.3 Å². The zero-order valence-electron chi connectivity index (χ0n) is 7.55. The normalized spacial score (nSPS) is 10.0. The molecule has 1 rings (SSSR count). The number of pyridine rings is 1. The molecule has 5 heteroatoms. The molecule has 0 unspecified atom stereocenters. The molecule has 0 aliphatic heterocycles. The number of nitrogens with one attached hydrogen (secondary N) is 1. The van der Waals surface area contributed by atoms with E-state index in [-0.39, 0.29) is 5.43 Å². The first-order valence-electron chi connectivity index (χ1n) is 4.19. The van der Waals surface area contributed by atoms with E-state index in [9.17, 15) is 4.79 Å². The lowest BCUT2D eigenvalue weighted by Gasteiger charge is -1.90. The molecule has 1 aromatic rings. The molecule has 5 nitrogen and oxygen atoms in total. The van der Waals surface area contributed by atoms with E-state index in [2.05, 4.69) is 15.0 Å². The standard InChI is InChI=1S/C9H10N4O/c10-13-12-5-2-1-3-8-7-9(14)4-6-11-8/h1,3-4,6-7H,2,5H2,(H,11,14). The quantitative estimate of drug-likeness (QED) is 0.335. The van der Waals surface area contributed by atoms with Crippen molar-refractivity contribution in [1.82, 2.24) is 4.98 Å². The fourth-order valence-electron chi connectivity index (χ4n) is 0.947. The van der Waals surface area contributed by atoms with Crippen LogP contribution in [0.3, 0.4) is 0 Å². The van der Waals surface area contributed by atoms with Gasteiger partial charge in [-0.1, -0.05) is 11.2 Å². The SMILES string of the molecule is [N-]=[N+]=NCCC=Cc1cc(=O)cc[nH]1. The van der Waals surface area contributed by atoms with Crippen LogP contribution in [0.1, 0.15) is 12.1 Å². The van der Waals surface area contributed by atoms with Gasteiger partial charge in [-0.2, -0.15) is 0 Å². The van der Waals surface area contributed by atoms with E-state index in [0.29, 0.717) is 13.0 Å². The van der Waals surface area contributed by atoms with Crippen LogP contribution in [0, 0.1) is 0 Å². The van der Waals surface area contributed by atoms with Crippen molar-refractivity contribution in [2.24, 2.45) is 5.11 Å². The predicted octanol–water partition coefficient (Wildman–Crippen LogP) is 2.09. The summed E-state index contributed by atoms with van der Waals surface area (Å²) in [5, 5.41) is 3.38. The summed E-state index contributed by atoms with van der Waals surface area (Å²) in [7, 11) is 0. The number of H-pyrrole nitrogens is 1. The second-order valence-electron chi connectivity index (χ2n) is 2.63. The van der Waals surface area contributed by atoms with Crippen LogP contribution in [0.25, 0.3) is 16.5 Å². The van der Waals surface area contributed by atoms with Gasteiger partial charge in [0.1, 0.15) is 0 Å². The Kier molecular flexibility index (Phi) is 4.04. The molecule has 0 aliphatic carbocycles. The van der Waals surface area contributed by atoms with E-state index >= 15 is 0 Å². The molecule has 72 valence electrons. The van der Waals surface area contributed by atoms with E-state index in [1.165, 1.54) is 12.1 Å². The van der Waals surface area contributed by atoms with Crippen LogP contribution in [0.2, 0.25) is 0 Å². The minimum atomic E-state index is -0.0292. The minimum absolute atomic E-state index is 0.0292. The average molecular weight is 190 g/mol. The smallest absolute Gasteiger partial charge is 0.182 e. The molecule has 0 aliphatic rings. The lowest BCUT2D eigenvalue weighted by molar-refractivity contribution is 0.995. The van der Waals surface area contributed by atoms with Crippen LogP contribution in [-0.4, -0.2) is 11.5 Å². The van der Waals surface area contributed by atoms with Gasteiger partial charge in [-0.15, -0.1) is 0 Å². The van der Waals surface area contributed by atoms with E-state index < -0.39 is 0 Å². The second-order valence-corrected chi connectivity index (χ2v) is 2.63. The molecule has 0 saturated carbocycles. The van der Waals surface area contributed by atoms with Gasteiger partial charge in [0.2, 0.25) is 0 Å². The third-order valence-corrected chi connectivity index (χ3v) is 1.55. The molecule has 0 saturated heterocycles. The molecule has 0 bridgehead atoms. The highest BCUT2D eigenvalue weighted by atomic mass is 16.1. The topological polar surface area (TPSA) is 81.6 Å². The lowest BCUT2D eigenvalue weighted by atomic mass is 10.3. The van der Waals surface area contributed by atoms with E-state index in [4.69, 9.17) is 5.53 Å². The van der Waals surface area contributed by atoms with Crippen LogP contribution < -0.4 is 5.43 Å². The van der Waals surface area contributed by atoms with Gasteiger partial charge in [-0.05, 0) is 18.0 Å². The van der Waals surface area contributed by atoms with Gasteiger partial charge in [0, 0.05) is 35.5 Å². The van der Waals surface area contributed by atoms with Crippen LogP contribution in [0.4, 0.5) is 0 Å². The summed E-state index contributed by atoms with van der Waals surface area (Å²) >= 11 is 0. The third kappa shape index (κ3) is 3.60. The number of hydrogen-bond donors (Lipinski definition) is 1. The summed E-state index contributed by atoms with van der Waals surface area (Å²) in [5.41, 5.74) is 8.73. The zero-order chi connectivity index (χ0) is 10.2. The van der Waals surface area contributed by atoms with Crippen molar-refractivity contribution in [3.05, 3.63) is 50.8 Å². The Hall–Kier alpha value is -2.00. The van der Waals surface area contributed by atoms with Gasteiger partial charge >= 0.3 is 0 Å². The maximum atomic E-state index is 10.9. The fourth-order valence-corrected chi connectivity index (χ4v) is 0.947. The van der Waals surface area contributed by atoms with Crippen molar-refractivity contribution >= 4 is 6.08 Å². The van der Waals surface area contributed by atoms with Crippen LogP contribution in [-0.2, 0) is 0 Å². The molecular formula is C9H10N4O. The molecule has 14 heavy (non-hydrogen) atoms. The molecule has 1 N–H and O–H groups in total. The Balaban J connectivity index is 2.51. The molecule has 0 amide bonds. The molecule has 0 aromatic carbocycles. The zero-order valence-corrected chi connectivity index (χ0v) is 7.55. The van der Waals surface area contributed by atoms with Gasteiger partial charge in [0.25, 0.3) is 0 Å². The number of aromatic nitrogens is 1. The Bertz CT molecular complexity index is 415. The number of rotatable bonds is 4. The molecule has 0 radical (unpaired) electrons. The summed E-state index contributed by atoms with van der Waals surface area (Å²) in [6.45, 7) is 0.435. The number of azide groups is 1.